The molecule has 0 bridgehead atoms. The molecule has 1 aliphatic heterocycles. The number of nitrogens with zero attached hydrogens (tertiary/aromatic N) is 2. The van der Waals surface area contributed by atoms with Crippen molar-refractivity contribution >= 4 is 5.69 Å². The van der Waals surface area contributed by atoms with Gasteiger partial charge in [0.25, 0.3) is 5.69 Å². The highest BCUT2D eigenvalue weighted by molar-refractivity contribution is 5.38. The van der Waals surface area contributed by atoms with Gasteiger partial charge in [-0.2, -0.15) is 5.26 Å². The summed E-state index contributed by atoms with van der Waals surface area (Å²) in [5, 5.41) is 22.2. The van der Waals surface area contributed by atoms with E-state index in [0.29, 0.717) is 6.54 Å². The largest absolute Gasteiger partial charge is 0.307 e. The predicted octanol–water partition coefficient (Wildman–Crippen LogP) is 1.52. The third-order valence-electron chi connectivity index (χ3n) is 2.65. The molecule has 6 heteroatoms. The van der Waals surface area contributed by atoms with Crippen molar-refractivity contribution in [1.29, 1.82) is 5.26 Å². The second-order valence-electron chi connectivity index (χ2n) is 3.58. The molecule has 0 aromatic heterocycles. The number of hydrogen-bond acceptors (Lipinski definition) is 4. The van der Waals surface area contributed by atoms with Gasteiger partial charge in [0, 0.05) is 24.2 Å². The number of halogens is 1. The fraction of sp³-hybridized carbons (Fsp3) is 0.300. The lowest BCUT2D eigenvalue weighted by atomic mass is 9.87. The van der Waals surface area contributed by atoms with E-state index in [9.17, 15) is 14.5 Å². The molecule has 0 saturated carbocycles. The average Bonchev–Trinajstić information content (AvgIpc) is 2.20. The minimum atomic E-state index is -0.580. The average molecular weight is 221 g/mol. The Morgan fingerprint density at radius 2 is 2.38 bits per heavy atom. The lowest BCUT2D eigenvalue weighted by Gasteiger charge is -2.33. The number of rotatable bonds is 2. The molecule has 1 heterocycles. The van der Waals surface area contributed by atoms with Crippen LogP contribution in [0.4, 0.5) is 10.1 Å². The Labute approximate surface area is 90.6 Å². The van der Waals surface area contributed by atoms with E-state index in [0.717, 1.165) is 12.1 Å². The van der Waals surface area contributed by atoms with Crippen LogP contribution in [0.15, 0.2) is 18.2 Å². The molecule has 2 atom stereocenters. The summed E-state index contributed by atoms with van der Waals surface area (Å²) < 4.78 is 13.4. The zero-order chi connectivity index (χ0) is 11.7. The lowest BCUT2D eigenvalue weighted by Crippen LogP contribution is -2.45. The van der Waals surface area contributed by atoms with Crippen LogP contribution in [0.1, 0.15) is 11.6 Å². The van der Waals surface area contributed by atoms with Gasteiger partial charge in [-0.3, -0.25) is 10.1 Å². The molecular formula is C10H8FN3O2. The van der Waals surface area contributed by atoms with Gasteiger partial charge in [0.1, 0.15) is 5.82 Å². The highest BCUT2D eigenvalue weighted by atomic mass is 19.1. The van der Waals surface area contributed by atoms with Crippen LogP contribution in [0.2, 0.25) is 0 Å². The molecule has 1 aliphatic rings. The number of nitro groups is 1. The van der Waals surface area contributed by atoms with Crippen LogP contribution >= 0.6 is 0 Å². The van der Waals surface area contributed by atoms with Crippen molar-refractivity contribution in [1.82, 2.24) is 5.32 Å². The Balaban J connectivity index is 2.37. The number of nitriles is 1. The molecule has 82 valence electrons. The summed E-state index contributed by atoms with van der Waals surface area (Å²) in [6.45, 7) is 0.489. The van der Waals surface area contributed by atoms with Crippen LogP contribution < -0.4 is 5.32 Å². The van der Waals surface area contributed by atoms with Crippen LogP contribution in [-0.4, -0.2) is 11.5 Å². The summed E-state index contributed by atoms with van der Waals surface area (Å²) >= 11 is 0. The summed E-state index contributed by atoms with van der Waals surface area (Å²) in [7, 11) is 0. The Hall–Kier alpha value is -2.00. The molecule has 0 aliphatic carbocycles. The minimum Gasteiger partial charge on any atom is -0.307 e. The van der Waals surface area contributed by atoms with Gasteiger partial charge in [-0.25, -0.2) is 4.39 Å². The van der Waals surface area contributed by atoms with Crippen molar-refractivity contribution in [2.24, 2.45) is 5.92 Å². The summed E-state index contributed by atoms with van der Waals surface area (Å²) in [6, 6.07) is 4.93. The first kappa shape index (κ1) is 10.5. The van der Waals surface area contributed by atoms with E-state index in [4.69, 9.17) is 5.26 Å². The number of hydrogen-bond donors (Lipinski definition) is 1. The Morgan fingerprint density at radius 3 is 2.88 bits per heavy atom. The summed E-state index contributed by atoms with van der Waals surface area (Å²) in [6.07, 6.45) is 0. The fourth-order valence-corrected chi connectivity index (χ4v) is 1.68. The topological polar surface area (TPSA) is 79.0 Å². The van der Waals surface area contributed by atoms with E-state index >= 15 is 0 Å². The van der Waals surface area contributed by atoms with Crippen LogP contribution in [-0.2, 0) is 0 Å². The standard InChI is InChI=1S/C10H8FN3O2/c11-9-2-1-7(14(15)16)3-8(9)10-6(4-12)5-13-10/h1-3,6,10,13H,5H2. The molecular weight excluding hydrogens is 213 g/mol. The fourth-order valence-electron chi connectivity index (χ4n) is 1.68. The van der Waals surface area contributed by atoms with E-state index in [1.807, 2.05) is 6.07 Å². The SMILES string of the molecule is N#CC1CNC1c1cc([N+](=O)[O-])ccc1F. The van der Waals surface area contributed by atoms with Gasteiger partial charge < -0.3 is 5.32 Å². The zero-order valence-corrected chi connectivity index (χ0v) is 8.18. The molecule has 0 radical (unpaired) electrons. The van der Waals surface area contributed by atoms with Gasteiger partial charge in [-0.15, -0.1) is 0 Å². The third-order valence-corrected chi connectivity index (χ3v) is 2.65. The van der Waals surface area contributed by atoms with Gasteiger partial charge in [0.05, 0.1) is 23.0 Å². The maximum atomic E-state index is 13.4. The second kappa shape index (κ2) is 3.87. The van der Waals surface area contributed by atoms with Crippen molar-refractivity contribution in [3.8, 4) is 6.07 Å². The highest BCUT2D eigenvalue weighted by Crippen LogP contribution is 2.32. The number of benzene rings is 1. The molecule has 16 heavy (non-hydrogen) atoms. The molecule has 1 aromatic rings. The normalized spacial score (nSPS) is 23.2. The zero-order valence-electron chi connectivity index (χ0n) is 8.18. The predicted molar refractivity (Wildman–Crippen MR) is 52.9 cm³/mol. The lowest BCUT2D eigenvalue weighted by molar-refractivity contribution is -0.385. The van der Waals surface area contributed by atoms with E-state index < -0.39 is 16.8 Å². The molecule has 5 nitrogen and oxygen atoms in total. The van der Waals surface area contributed by atoms with Crippen LogP contribution in [0.5, 0.6) is 0 Å². The molecule has 1 aromatic carbocycles. The van der Waals surface area contributed by atoms with Gasteiger partial charge in [0.15, 0.2) is 0 Å². The molecule has 1 N–H and O–H groups in total. The number of nitro benzene ring substituents is 1. The third kappa shape index (κ3) is 1.61. The number of nitrogens with one attached hydrogen (secondary N) is 1. The molecule has 1 saturated heterocycles. The first-order chi connectivity index (χ1) is 7.63. The van der Waals surface area contributed by atoms with Crippen molar-refractivity contribution in [3.05, 3.63) is 39.7 Å². The Morgan fingerprint density at radius 1 is 1.62 bits per heavy atom. The maximum absolute atomic E-state index is 13.4. The monoisotopic (exact) mass is 221 g/mol. The molecule has 0 amide bonds. The van der Waals surface area contributed by atoms with Gasteiger partial charge in [-0.05, 0) is 6.07 Å². The minimum absolute atomic E-state index is 0.165. The highest BCUT2D eigenvalue weighted by Gasteiger charge is 2.34. The van der Waals surface area contributed by atoms with E-state index in [2.05, 4.69) is 5.32 Å². The Bertz CT molecular complexity index is 483. The quantitative estimate of drug-likeness (QED) is 0.606. The Kier molecular flexibility index (Phi) is 2.54. The van der Waals surface area contributed by atoms with E-state index in [1.165, 1.54) is 6.07 Å². The van der Waals surface area contributed by atoms with E-state index in [-0.39, 0.29) is 17.2 Å². The molecule has 0 spiro atoms. The van der Waals surface area contributed by atoms with Gasteiger partial charge in [0.2, 0.25) is 0 Å². The van der Waals surface area contributed by atoms with Crippen molar-refractivity contribution < 1.29 is 9.31 Å². The smallest absolute Gasteiger partial charge is 0.269 e. The van der Waals surface area contributed by atoms with Gasteiger partial charge in [-0.1, -0.05) is 0 Å². The molecule has 2 unspecified atom stereocenters. The van der Waals surface area contributed by atoms with Crippen molar-refractivity contribution in [2.75, 3.05) is 6.54 Å². The van der Waals surface area contributed by atoms with Crippen molar-refractivity contribution in [2.45, 2.75) is 6.04 Å². The molecule has 2 rings (SSSR count). The summed E-state index contributed by atoms with van der Waals surface area (Å²) in [4.78, 5) is 9.96. The van der Waals surface area contributed by atoms with Gasteiger partial charge >= 0.3 is 0 Å². The van der Waals surface area contributed by atoms with Crippen LogP contribution in [0, 0.1) is 33.2 Å². The number of non-ortho nitro benzene ring substituents is 1. The van der Waals surface area contributed by atoms with Crippen LogP contribution in [0.25, 0.3) is 0 Å². The molecule has 1 fully saturated rings. The first-order valence-corrected chi connectivity index (χ1v) is 4.70. The summed E-state index contributed by atoms with van der Waals surface area (Å²) in [5.41, 5.74) is 0.0220. The second-order valence-corrected chi connectivity index (χ2v) is 3.58. The van der Waals surface area contributed by atoms with E-state index in [1.54, 1.807) is 0 Å². The van der Waals surface area contributed by atoms with Crippen LogP contribution in [0.3, 0.4) is 0 Å². The first-order valence-electron chi connectivity index (χ1n) is 4.70. The maximum Gasteiger partial charge on any atom is 0.269 e. The van der Waals surface area contributed by atoms with Crippen molar-refractivity contribution in [3.63, 3.8) is 0 Å². The summed E-state index contributed by atoms with van der Waals surface area (Å²) in [5.74, 6) is -0.848.